The molecule has 6 heteroatoms. The van der Waals surface area contributed by atoms with Crippen LogP contribution in [0.1, 0.15) is 19.3 Å². The highest BCUT2D eigenvalue weighted by atomic mass is 35.5. The van der Waals surface area contributed by atoms with E-state index in [9.17, 15) is 10.1 Å². The lowest BCUT2D eigenvalue weighted by molar-refractivity contribution is -0.385. The molecule has 0 heterocycles. The minimum absolute atomic E-state index is 0.0522. The molecule has 0 amide bonds. The highest BCUT2D eigenvalue weighted by Gasteiger charge is 2.14. The Balaban J connectivity index is 2.56. The lowest BCUT2D eigenvalue weighted by atomic mass is 10.2. The summed E-state index contributed by atoms with van der Waals surface area (Å²) < 4.78 is 5.37. The maximum atomic E-state index is 10.7. The van der Waals surface area contributed by atoms with Gasteiger partial charge in [-0.3, -0.25) is 10.1 Å². The second-order valence-corrected chi connectivity index (χ2v) is 4.39. The summed E-state index contributed by atoms with van der Waals surface area (Å²) in [4.78, 5) is 10.3. The van der Waals surface area contributed by atoms with Gasteiger partial charge in [0.25, 0.3) is 0 Å². The van der Waals surface area contributed by atoms with Crippen molar-refractivity contribution < 1.29 is 9.66 Å². The summed E-state index contributed by atoms with van der Waals surface area (Å²) in [7, 11) is 0. The molecule has 0 aliphatic heterocycles. The number of hydrogen-bond acceptors (Lipinski definition) is 4. The van der Waals surface area contributed by atoms with Crippen molar-refractivity contribution in [1.29, 1.82) is 0 Å². The fourth-order valence-electron chi connectivity index (χ4n) is 1.33. The predicted octanol–water partition coefficient (Wildman–Crippen LogP) is 3.73. The van der Waals surface area contributed by atoms with Crippen LogP contribution >= 0.6 is 24.2 Å². The second kappa shape index (κ2) is 7.40. The van der Waals surface area contributed by atoms with Crippen molar-refractivity contribution in [3.05, 3.63) is 33.3 Å². The van der Waals surface area contributed by atoms with E-state index < -0.39 is 4.92 Å². The van der Waals surface area contributed by atoms with Gasteiger partial charge < -0.3 is 4.74 Å². The van der Waals surface area contributed by atoms with Gasteiger partial charge in [0.15, 0.2) is 5.75 Å². The number of nitro groups is 1. The minimum Gasteiger partial charge on any atom is -0.487 e. The molecule has 0 aliphatic rings. The van der Waals surface area contributed by atoms with Crippen LogP contribution in [0.5, 0.6) is 5.75 Å². The van der Waals surface area contributed by atoms with Gasteiger partial charge in [-0.25, -0.2) is 0 Å². The molecule has 4 nitrogen and oxygen atoms in total. The van der Waals surface area contributed by atoms with E-state index in [1.807, 2.05) is 0 Å². The number of benzene rings is 1. The standard InChI is InChI=1S/C11H14ClNO3S/c12-9-4-5-10(13(14)15)11(8-9)16-6-2-1-3-7-17/h4-5,8,17H,1-3,6-7H2. The normalized spacial score (nSPS) is 10.2. The number of unbranched alkanes of at least 4 members (excludes halogenated alkanes) is 2. The van der Waals surface area contributed by atoms with Crippen LogP contribution in [0.2, 0.25) is 5.02 Å². The first kappa shape index (κ1) is 14.1. The number of thiol groups is 1. The predicted molar refractivity (Wildman–Crippen MR) is 71.3 cm³/mol. The Bertz CT molecular complexity index is 387. The van der Waals surface area contributed by atoms with Crippen LogP contribution in [0.15, 0.2) is 18.2 Å². The summed E-state index contributed by atoms with van der Waals surface area (Å²) in [6.45, 7) is 0.453. The zero-order valence-electron chi connectivity index (χ0n) is 9.26. The van der Waals surface area contributed by atoms with Gasteiger partial charge in [0.05, 0.1) is 11.5 Å². The van der Waals surface area contributed by atoms with Crippen LogP contribution in [0.4, 0.5) is 5.69 Å². The third kappa shape index (κ3) is 4.83. The Morgan fingerprint density at radius 3 is 2.76 bits per heavy atom. The molecule has 0 spiro atoms. The first-order chi connectivity index (χ1) is 8.15. The Morgan fingerprint density at radius 2 is 2.12 bits per heavy atom. The fraction of sp³-hybridized carbons (Fsp3) is 0.455. The molecular formula is C11H14ClNO3S. The lowest BCUT2D eigenvalue weighted by Gasteiger charge is -2.06. The monoisotopic (exact) mass is 275 g/mol. The number of nitrogens with zero attached hydrogens (tertiary/aromatic N) is 1. The van der Waals surface area contributed by atoms with Crippen LogP contribution in [-0.4, -0.2) is 17.3 Å². The summed E-state index contributed by atoms with van der Waals surface area (Å²) in [5.74, 6) is 1.07. The largest absolute Gasteiger partial charge is 0.487 e. The van der Waals surface area contributed by atoms with Gasteiger partial charge in [0, 0.05) is 17.2 Å². The molecule has 0 saturated heterocycles. The molecule has 0 bridgehead atoms. The zero-order valence-corrected chi connectivity index (χ0v) is 10.9. The lowest BCUT2D eigenvalue weighted by Crippen LogP contribution is -2.00. The van der Waals surface area contributed by atoms with Gasteiger partial charge in [-0.2, -0.15) is 12.6 Å². The summed E-state index contributed by atoms with van der Waals surface area (Å²) in [6, 6.07) is 4.30. The maximum Gasteiger partial charge on any atom is 0.311 e. The molecule has 0 unspecified atom stereocenters. The number of rotatable bonds is 7. The zero-order chi connectivity index (χ0) is 12.7. The number of nitro benzene ring substituents is 1. The quantitative estimate of drug-likeness (QED) is 0.357. The smallest absolute Gasteiger partial charge is 0.311 e. The summed E-state index contributed by atoms with van der Waals surface area (Å²) in [5.41, 5.74) is -0.0522. The molecular weight excluding hydrogens is 262 g/mol. The van der Waals surface area contributed by atoms with Crippen molar-refractivity contribution in [3.63, 3.8) is 0 Å². The van der Waals surface area contributed by atoms with E-state index in [1.165, 1.54) is 18.2 Å². The van der Waals surface area contributed by atoms with Crippen LogP contribution in [0, 0.1) is 10.1 Å². The van der Waals surface area contributed by atoms with Crippen LogP contribution in [0.25, 0.3) is 0 Å². The van der Waals surface area contributed by atoms with Gasteiger partial charge in [0.1, 0.15) is 0 Å². The van der Waals surface area contributed by atoms with E-state index >= 15 is 0 Å². The van der Waals surface area contributed by atoms with Crippen molar-refractivity contribution in [2.24, 2.45) is 0 Å². The maximum absolute atomic E-state index is 10.7. The molecule has 0 aromatic heterocycles. The summed E-state index contributed by atoms with van der Waals surface area (Å²) in [6.07, 6.45) is 2.87. The fourth-order valence-corrected chi connectivity index (χ4v) is 1.71. The van der Waals surface area contributed by atoms with E-state index in [4.69, 9.17) is 16.3 Å². The molecule has 0 aliphatic carbocycles. The number of hydrogen-bond donors (Lipinski definition) is 1. The number of halogens is 1. The average Bonchev–Trinajstić information content (AvgIpc) is 2.28. The first-order valence-corrected chi connectivity index (χ1v) is 6.34. The molecule has 0 atom stereocenters. The Hall–Kier alpha value is -0.940. The molecule has 94 valence electrons. The molecule has 0 radical (unpaired) electrons. The van der Waals surface area contributed by atoms with Gasteiger partial charge >= 0.3 is 5.69 Å². The van der Waals surface area contributed by atoms with Crippen molar-refractivity contribution in [2.75, 3.05) is 12.4 Å². The number of ether oxygens (including phenoxy) is 1. The highest BCUT2D eigenvalue weighted by molar-refractivity contribution is 7.80. The van der Waals surface area contributed by atoms with Crippen LogP contribution < -0.4 is 4.74 Å². The van der Waals surface area contributed by atoms with E-state index in [-0.39, 0.29) is 11.4 Å². The van der Waals surface area contributed by atoms with Gasteiger partial charge in [-0.1, -0.05) is 11.6 Å². The van der Waals surface area contributed by atoms with Crippen molar-refractivity contribution in [1.82, 2.24) is 0 Å². The van der Waals surface area contributed by atoms with Gasteiger partial charge in [0.2, 0.25) is 0 Å². The van der Waals surface area contributed by atoms with Crippen LogP contribution in [-0.2, 0) is 0 Å². The second-order valence-electron chi connectivity index (χ2n) is 3.50. The summed E-state index contributed by atoms with van der Waals surface area (Å²) in [5, 5.41) is 11.2. The Labute approximate surface area is 110 Å². The van der Waals surface area contributed by atoms with Gasteiger partial charge in [-0.15, -0.1) is 0 Å². The van der Waals surface area contributed by atoms with E-state index in [2.05, 4.69) is 12.6 Å². The average molecular weight is 276 g/mol. The third-order valence-electron chi connectivity index (χ3n) is 2.18. The molecule has 1 aromatic carbocycles. The SMILES string of the molecule is O=[N+]([O-])c1ccc(Cl)cc1OCCCCCS. The molecule has 1 aromatic rings. The molecule has 1 rings (SSSR count). The highest BCUT2D eigenvalue weighted by Crippen LogP contribution is 2.29. The van der Waals surface area contributed by atoms with Gasteiger partial charge in [-0.05, 0) is 31.1 Å². The third-order valence-corrected chi connectivity index (χ3v) is 2.73. The first-order valence-electron chi connectivity index (χ1n) is 5.32. The topological polar surface area (TPSA) is 52.4 Å². The van der Waals surface area contributed by atoms with Crippen molar-refractivity contribution in [3.8, 4) is 5.75 Å². The minimum atomic E-state index is -0.473. The molecule has 0 saturated carbocycles. The Kier molecular flexibility index (Phi) is 6.15. The summed E-state index contributed by atoms with van der Waals surface area (Å²) >= 11 is 9.87. The Morgan fingerprint density at radius 1 is 1.35 bits per heavy atom. The van der Waals surface area contributed by atoms with E-state index in [0.29, 0.717) is 11.6 Å². The van der Waals surface area contributed by atoms with E-state index in [1.54, 1.807) is 0 Å². The van der Waals surface area contributed by atoms with E-state index in [0.717, 1.165) is 25.0 Å². The van der Waals surface area contributed by atoms with Crippen LogP contribution in [0.3, 0.4) is 0 Å². The van der Waals surface area contributed by atoms with Crippen molar-refractivity contribution in [2.45, 2.75) is 19.3 Å². The molecule has 0 fully saturated rings. The molecule has 0 N–H and O–H groups in total. The molecule has 17 heavy (non-hydrogen) atoms. The van der Waals surface area contributed by atoms with Crippen molar-refractivity contribution >= 4 is 29.9 Å².